The van der Waals surface area contributed by atoms with Crippen molar-refractivity contribution < 1.29 is 9.66 Å². The maximum atomic E-state index is 11.4. The number of ether oxygens (including phenoxy) is 1. The van der Waals surface area contributed by atoms with Crippen LogP contribution in [-0.2, 0) is 6.54 Å². The third kappa shape index (κ3) is 5.79. The Bertz CT molecular complexity index is 839. The molecule has 3 rings (SSSR count). The van der Waals surface area contributed by atoms with E-state index in [-0.39, 0.29) is 11.5 Å². The second-order valence-electron chi connectivity index (χ2n) is 7.58. The first-order valence-electron chi connectivity index (χ1n) is 10.5. The number of nitrogens with zero attached hydrogens (tertiary/aromatic N) is 3. The Morgan fingerprint density at radius 2 is 1.93 bits per heavy atom. The van der Waals surface area contributed by atoms with Gasteiger partial charge in [0.1, 0.15) is 11.9 Å². The van der Waals surface area contributed by atoms with Crippen molar-refractivity contribution in [2.24, 2.45) is 17.6 Å². The normalized spacial score (nSPS) is 18.6. The number of nitro groups is 1. The van der Waals surface area contributed by atoms with Gasteiger partial charge in [-0.2, -0.15) is 4.98 Å². The minimum atomic E-state index is -0.457. The number of hydrogen-bond donors (Lipinski definition) is 3. The molecule has 30 heavy (non-hydrogen) atoms. The van der Waals surface area contributed by atoms with Crippen LogP contribution in [0.1, 0.15) is 38.2 Å². The van der Waals surface area contributed by atoms with Crippen LogP contribution in [0, 0.1) is 22.0 Å². The van der Waals surface area contributed by atoms with E-state index in [4.69, 9.17) is 10.5 Å². The number of benzene rings is 1. The average Bonchev–Trinajstić information content (AvgIpc) is 2.77. The largest absolute Gasteiger partial charge is 0.494 e. The topological polar surface area (TPSA) is 128 Å². The quantitative estimate of drug-likeness (QED) is 0.397. The van der Waals surface area contributed by atoms with Crippen molar-refractivity contribution in [3.63, 3.8) is 0 Å². The van der Waals surface area contributed by atoms with Gasteiger partial charge in [0.05, 0.1) is 11.5 Å². The number of para-hydroxylation sites is 1. The third-order valence-corrected chi connectivity index (χ3v) is 5.53. The number of rotatable bonds is 10. The van der Waals surface area contributed by atoms with Crippen molar-refractivity contribution in [1.82, 2.24) is 9.97 Å². The molecule has 0 saturated heterocycles. The average molecular weight is 415 g/mol. The van der Waals surface area contributed by atoms with Crippen LogP contribution in [0.25, 0.3) is 0 Å². The molecular formula is C21H30N6O3. The van der Waals surface area contributed by atoms with Crippen molar-refractivity contribution in [2.75, 3.05) is 30.3 Å². The van der Waals surface area contributed by atoms with Crippen molar-refractivity contribution in [2.45, 2.75) is 39.2 Å². The smallest absolute Gasteiger partial charge is 0.329 e. The van der Waals surface area contributed by atoms with Crippen LogP contribution in [0.15, 0.2) is 30.5 Å². The van der Waals surface area contributed by atoms with Gasteiger partial charge in [0, 0.05) is 18.7 Å². The molecular weight excluding hydrogens is 384 g/mol. The summed E-state index contributed by atoms with van der Waals surface area (Å²) in [6.45, 7) is 4.35. The van der Waals surface area contributed by atoms with Crippen molar-refractivity contribution in [3.05, 3.63) is 46.1 Å². The van der Waals surface area contributed by atoms with E-state index in [0.717, 1.165) is 43.5 Å². The Hall–Kier alpha value is -2.94. The minimum absolute atomic E-state index is 0.120. The third-order valence-electron chi connectivity index (χ3n) is 5.53. The summed E-state index contributed by atoms with van der Waals surface area (Å²) in [6, 6.07) is 7.71. The van der Waals surface area contributed by atoms with E-state index in [2.05, 4.69) is 20.6 Å². The zero-order chi connectivity index (χ0) is 21.3. The lowest BCUT2D eigenvalue weighted by molar-refractivity contribution is -0.384. The zero-order valence-electron chi connectivity index (χ0n) is 17.3. The van der Waals surface area contributed by atoms with Gasteiger partial charge in [-0.25, -0.2) is 4.98 Å². The van der Waals surface area contributed by atoms with Crippen molar-refractivity contribution in [1.29, 1.82) is 0 Å². The van der Waals surface area contributed by atoms with Gasteiger partial charge in [0.15, 0.2) is 0 Å². The summed E-state index contributed by atoms with van der Waals surface area (Å²) in [5.41, 5.74) is 6.60. The van der Waals surface area contributed by atoms with Crippen LogP contribution < -0.4 is 21.1 Å². The Labute approximate surface area is 176 Å². The van der Waals surface area contributed by atoms with E-state index >= 15 is 0 Å². The summed E-state index contributed by atoms with van der Waals surface area (Å²) in [5, 5.41) is 17.7. The molecule has 0 aliphatic heterocycles. The molecule has 0 bridgehead atoms. The van der Waals surface area contributed by atoms with Gasteiger partial charge in [0.25, 0.3) is 0 Å². The summed E-state index contributed by atoms with van der Waals surface area (Å²) >= 11 is 0. The summed E-state index contributed by atoms with van der Waals surface area (Å²) < 4.78 is 5.63. The summed E-state index contributed by atoms with van der Waals surface area (Å²) in [7, 11) is 0. The Kier molecular flexibility index (Phi) is 7.78. The summed E-state index contributed by atoms with van der Waals surface area (Å²) in [5.74, 6) is 2.44. The minimum Gasteiger partial charge on any atom is -0.494 e. The number of nitrogens with one attached hydrogen (secondary N) is 2. The molecule has 2 aromatic rings. The zero-order valence-corrected chi connectivity index (χ0v) is 17.3. The first-order valence-corrected chi connectivity index (χ1v) is 10.5. The molecule has 0 atom stereocenters. The Morgan fingerprint density at radius 1 is 1.20 bits per heavy atom. The maximum absolute atomic E-state index is 11.4. The lowest BCUT2D eigenvalue weighted by atomic mass is 9.82. The molecule has 1 aromatic heterocycles. The lowest BCUT2D eigenvalue weighted by Gasteiger charge is -2.27. The fourth-order valence-electron chi connectivity index (χ4n) is 3.76. The second kappa shape index (κ2) is 10.7. The predicted molar refractivity (Wildman–Crippen MR) is 117 cm³/mol. The highest BCUT2D eigenvalue weighted by Crippen LogP contribution is 2.29. The fourth-order valence-corrected chi connectivity index (χ4v) is 3.76. The Balaban J connectivity index is 1.65. The van der Waals surface area contributed by atoms with Crippen molar-refractivity contribution >= 4 is 17.5 Å². The van der Waals surface area contributed by atoms with Crippen LogP contribution in [0.5, 0.6) is 5.75 Å². The van der Waals surface area contributed by atoms with E-state index in [1.807, 2.05) is 31.2 Å². The molecule has 0 amide bonds. The molecule has 1 aliphatic rings. The van der Waals surface area contributed by atoms with E-state index in [0.29, 0.717) is 37.5 Å². The van der Waals surface area contributed by atoms with Crippen LogP contribution >= 0.6 is 0 Å². The van der Waals surface area contributed by atoms with Gasteiger partial charge >= 0.3 is 5.69 Å². The standard InChI is InChI=1S/C21H30N6O3/c1-2-30-19-6-4-3-5-17(19)13-24-21-25-14-18(27(28)29)20(26-21)23-12-16-9-7-15(11-22)8-10-16/h3-6,14-16H,2,7-13,22H2,1H3,(H2,23,24,25,26). The molecule has 4 N–H and O–H groups in total. The predicted octanol–water partition coefficient (Wildman–Crippen LogP) is 3.57. The molecule has 1 heterocycles. The van der Waals surface area contributed by atoms with E-state index < -0.39 is 4.92 Å². The number of hydrogen-bond acceptors (Lipinski definition) is 8. The van der Waals surface area contributed by atoms with Gasteiger partial charge in [-0.3, -0.25) is 10.1 Å². The van der Waals surface area contributed by atoms with E-state index in [9.17, 15) is 10.1 Å². The molecule has 1 aromatic carbocycles. The molecule has 1 saturated carbocycles. The molecule has 0 spiro atoms. The number of aromatic nitrogens is 2. The van der Waals surface area contributed by atoms with E-state index in [1.54, 1.807) is 0 Å². The highest BCUT2D eigenvalue weighted by atomic mass is 16.6. The second-order valence-corrected chi connectivity index (χ2v) is 7.58. The van der Waals surface area contributed by atoms with Gasteiger partial charge < -0.3 is 21.1 Å². The molecule has 9 nitrogen and oxygen atoms in total. The highest BCUT2D eigenvalue weighted by molar-refractivity contribution is 5.57. The highest BCUT2D eigenvalue weighted by Gasteiger charge is 2.22. The summed E-state index contributed by atoms with van der Waals surface area (Å²) in [4.78, 5) is 19.4. The first-order chi connectivity index (χ1) is 14.6. The maximum Gasteiger partial charge on any atom is 0.329 e. The Morgan fingerprint density at radius 3 is 2.63 bits per heavy atom. The fraction of sp³-hybridized carbons (Fsp3) is 0.524. The van der Waals surface area contributed by atoms with Crippen LogP contribution in [0.4, 0.5) is 17.5 Å². The molecule has 0 radical (unpaired) electrons. The van der Waals surface area contributed by atoms with Crippen LogP contribution in [0.3, 0.4) is 0 Å². The lowest BCUT2D eigenvalue weighted by Crippen LogP contribution is -2.25. The van der Waals surface area contributed by atoms with Crippen molar-refractivity contribution in [3.8, 4) is 5.75 Å². The number of anilines is 2. The van der Waals surface area contributed by atoms with Crippen LogP contribution in [-0.4, -0.2) is 34.6 Å². The summed E-state index contributed by atoms with van der Waals surface area (Å²) in [6.07, 6.45) is 5.62. The molecule has 162 valence electrons. The first kappa shape index (κ1) is 21.8. The molecule has 9 heteroatoms. The van der Waals surface area contributed by atoms with Crippen LogP contribution in [0.2, 0.25) is 0 Å². The molecule has 0 unspecified atom stereocenters. The van der Waals surface area contributed by atoms with E-state index in [1.165, 1.54) is 6.20 Å². The van der Waals surface area contributed by atoms with Gasteiger partial charge in [0.2, 0.25) is 11.8 Å². The monoisotopic (exact) mass is 414 g/mol. The molecule has 1 aliphatic carbocycles. The van der Waals surface area contributed by atoms with Gasteiger partial charge in [-0.05, 0) is 57.1 Å². The van der Waals surface area contributed by atoms with Gasteiger partial charge in [-0.1, -0.05) is 18.2 Å². The number of nitrogens with two attached hydrogens (primary N) is 1. The van der Waals surface area contributed by atoms with Gasteiger partial charge in [-0.15, -0.1) is 0 Å². The SMILES string of the molecule is CCOc1ccccc1CNc1ncc([N+](=O)[O-])c(NCC2CCC(CN)CC2)n1. The molecule has 1 fully saturated rings.